The van der Waals surface area contributed by atoms with E-state index in [1.807, 2.05) is 32.6 Å². The van der Waals surface area contributed by atoms with Crippen LogP contribution in [0.4, 0.5) is 0 Å². The Balaban J connectivity index is 1.77. The minimum absolute atomic E-state index is 0.00438. The summed E-state index contributed by atoms with van der Waals surface area (Å²) in [6, 6.07) is 0. The van der Waals surface area contributed by atoms with Crippen molar-refractivity contribution in [2.24, 2.45) is 0 Å². The molecule has 7 heteroatoms. The van der Waals surface area contributed by atoms with Crippen LogP contribution in [0.5, 0.6) is 11.5 Å². The summed E-state index contributed by atoms with van der Waals surface area (Å²) in [6.07, 6.45) is 1.23. The van der Waals surface area contributed by atoms with Gasteiger partial charge in [-0.1, -0.05) is 0 Å². The van der Waals surface area contributed by atoms with Crippen molar-refractivity contribution in [3.63, 3.8) is 0 Å². The number of aromatic hydroxyl groups is 1. The van der Waals surface area contributed by atoms with E-state index in [4.69, 9.17) is 9.84 Å². The molecular formula is C20H28N2O5. The molecule has 1 aromatic rings. The van der Waals surface area contributed by atoms with Gasteiger partial charge in [0.15, 0.2) is 5.60 Å². The zero-order valence-corrected chi connectivity index (χ0v) is 16.5. The van der Waals surface area contributed by atoms with E-state index in [9.17, 15) is 14.7 Å². The number of phenols is 1. The smallest absolute Gasteiger partial charge is 0.317 e. The molecule has 148 valence electrons. The third kappa shape index (κ3) is 3.48. The average Bonchev–Trinajstić information content (AvgIpc) is 2.64. The summed E-state index contributed by atoms with van der Waals surface area (Å²) in [5.74, 6) is 0.123. The van der Waals surface area contributed by atoms with Gasteiger partial charge in [0.05, 0.1) is 6.54 Å². The van der Waals surface area contributed by atoms with Crippen LogP contribution < -0.4 is 4.74 Å². The van der Waals surface area contributed by atoms with Gasteiger partial charge in [-0.3, -0.25) is 14.5 Å². The number of carbonyl (C=O) groups is 2. The number of nitrogens with zero attached hydrogens (tertiary/aromatic N) is 2. The van der Waals surface area contributed by atoms with Crippen LogP contribution in [0.25, 0.3) is 0 Å². The Bertz CT molecular complexity index is 783. The van der Waals surface area contributed by atoms with Crippen LogP contribution in [0.15, 0.2) is 0 Å². The van der Waals surface area contributed by atoms with Crippen molar-refractivity contribution in [1.29, 1.82) is 0 Å². The number of benzene rings is 1. The van der Waals surface area contributed by atoms with Gasteiger partial charge in [0.1, 0.15) is 11.5 Å². The second kappa shape index (κ2) is 7.03. The van der Waals surface area contributed by atoms with Gasteiger partial charge in [-0.25, -0.2) is 0 Å². The number of hydrogen-bond acceptors (Lipinski definition) is 5. The maximum absolute atomic E-state index is 13.2. The molecule has 2 N–H and O–H groups in total. The maximum atomic E-state index is 13.2. The van der Waals surface area contributed by atoms with Gasteiger partial charge >= 0.3 is 5.97 Å². The Morgan fingerprint density at radius 1 is 1.07 bits per heavy atom. The van der Waals surface area contributed by atoms with Gasteiger partial charge in [0.25, 0.3) is 5.91 Å². The molecule has 0 aromatic heterocycles. The number of carboxylic acid groups (broad SMARTS) is 1. The van der Waals surface area contributed by atoms with Crippen molar-refractivity contribution in [2.45, 2.75) is 46.1 Å². The molecule has 1 atom stereocenters. The summed E-state index contributed by atoms with van der Waals surface area (Å²) in [5.41, 5.74) is 2.52. The highest BCUT2D eigenvalue weighted by Crippen LogP contribution is 2.43. The Morgan fingerprint density at radius 2 is 1.70 bits per heavy atom. The molecule has 2 heterocycles. The number of carboxylic acids is 1. The van der Waals surface area contributed by atoms with Gasteiger partial charge < -0.3 is 19.8 Å². The van der Waals surface area contributed by atoms with E-state index in [0.29, 0.717) is 44.8 Å². The van der Waals surface area contributed by atoms with Gasteiger partial charge in [0.2, 0.25) is 0 Å². The van der Waals surface area contributed by atoms with Crippen molar-refractivity contribution in [2.75, 3.05) is 32.7 Å². The molecule has 0 radical (unpaired) electrons. The molecule has 2 aliphatic rings. The van der Waals surface area contributed by atoms with Crippen LogP contribution in [0.3, 0.4) is 0 Å². The summed E-state index contributed by atoms with van der Waals surface area (Å²) in [7, 11) is 0. The van der Waals surface area contributed by atoms with Crippen LogP contribution >= 0.6 is 0 Å². The Kier molecular flexibility index (Phi) is 5.08. The van der Waals surface area contributed by atoms with E-state index in [0.717, 1.165) is 28.0 Å². The molecule has 1 fully saturated rings. The van der Waals surface area contributed by atoms with Gasteiger partial charge in [-0.2, -0.15) is 0 Å². The molecule has 0 spiro atoms. The Hall–Kier alpha value is -2.28. The highest BCUT2D eigenvalue weighted by Gasteiger charge is 2.43. The van der Waals surface area contributed by atoms with Crippen molar-refractivity contribution in [3.8, 4) is 11.5 Å². The maximum Gasteiger partial charge on any atom is 0.317 e. The normalized spacial score (nSPS) is 22.9. The highest BCUT2D eigenvalue weighted by atomic mass is 16.5. The number of fused-ring (bicyclic) bond motifs is 1. The molecule has 0 aliphatic carbocycles. The molecule has 0 unspecified atom stereocenters. The lowest BCUT2D eigenvalue weighted by Gasteiger charge is -2.42. The third-order valence-electron chi connectivity index (χ3n) is 5.99. The number of carbonyl (C=O) groups excluding carboxylic acids is 1. The Morgan fingerprint density at radius 3 is 2.30 bits per heavy atom. The third-order valence-corrected chi connectivity index (χ3v) is 5.99. The fourth-order valence-electron chi connectivity index (χ4n) is 4.03. The van der Waals surface area contributed by atoms with Gasteiger partial charge in [0, 0.05) is 38.2 Å². The van der Waals surface area contributed by atoms with E-state index in [-0.39, 0.29) is 12.5 Å². The first-order chi connectivity index (χ1) is 12.6. The van der Waals surface area contributed by atoms with Crippen LogP contribution in [0.2, 0.25) is 0 Å². The number of amides is 1. The Labute approximate surface area is 159 Å². The van der Waals surface area contributed by atoms with E-state index in [2.05, 4.69) is 0 Å². The number of phenolic OH excluding ortho intramolecular Hbond substituents is 1. The molecule has 1 saturated heterocycles. The zero-order chi connectivity index (χ0) is 19.9. The number of aliphatic carboxylic acids is 1. The van der Waals surface area contributed by atoms with Crippen molar-refractivity contribution in [3.05, 3.63) is 22.3 Å². The number of rotatable bonds is 3. The first-order valence-corrected chi connectivity index (χ1v) is 9.38. The fraction of sp³-hybridized carbons (Fsp3) is 0.600. The standard InChI is InChI=1S/C20H28N2O5/c1-12-13(2)18-15(14(3)17(12)25)5-6-20(4,27-18)19(26)22-9-7-21(8-10-22)11-16(23)24/h25H,5-11H2,1-4H3,(H,23,24)/t20-/m1/s1. The second-order valence-corrected chi connectivity index (χ2v) is 7.83. The molecule has 1 aromatic carbocycles. The highest BCUT2D eigenvalue weighted by molar-refractivity contribution is 5.86. The summed E-state index contributed by atoms with van der Waals surface area (Å²) < 4.78 is 6.26. The lowest BCUT2D eigenvalue weighted by Crippen LogP contribution is -2.58. The molecule has 27 heavy (non-hydrogen) atoms. The van der Waals surface area contributed by atoms with Gasteiger partial charge in [-0.15, -0.1) is 0 Å². The van der Waals surface area contributed by atoms with Crippen LogP contribution in [0, 0.1) is 20.8 Å². The van der Waals surface area contributed by atoms with Gasteiger partial charge in [-0.05, 0) is 50.8 Å². The van der Waals surface area contributed by atoms with E-state index >= 15 is 0 Å². The summed E-state index contributed by atoms with van der Waals surface area (Å²) in [5, 5.41) is 19.2. The molecule has 0 bridgehead atoms. The molecule has 3 rings (SSSR count). The van der Waals surface area contributed by atoms with E-state index in [1.165, 1.54) is 0 Å². The topological polar surface area (TPSA) is 90.3 Å². The van der Waals surface area contributed by atoms with Crippen LogP contribution in [0.1, 0.15) is 35.6 Å². The zero-order valence-electron chi connectivity index (χ0n) is 16.5. The first-order valence-electron chi connectivity index (χ1n) is 9.38. The SMILES string of the molecule is Cc1c(C)c2c(c(C)c1O)CC[C@](C)(C(=O)N1CCN(CC(=O)O)CC1)O2. The molecule has 2 aliphatic heterocycles. The first kappa shape index (κ1) is 19.5. The summed E-state index contributed by atoms with van der Waals surface area (Å²) in [4.78, 5) is 27.6. The molecule has 7 nitrogen and oxygen atoms in total. The number of ether oxygens (including phenoxy) is 1. The van der Waals surface area contributed by atoms with Crippen LogP contribution in [-0.4, -0.2) is 70.2 Å². The fourth-order valence-corrected chi connectivity index (χ4v) is 4.03. The monoisotopic (exact) mass is 376 g/mol. The van der Waals surface area contributed by atoms with Crippen LogP contribution in [-0.2, 0) is 16.0 Å². The quantitative estimate of drug-likeness (QED) is 0.833. The average molecular weight is 376 g/mol. The lowest BCUT2D eigenvalue weighted by atomic mass is 9.86. The summed E-state index contributed by atoms with van der Waals surface area (Å²) >= 11 is 0. The predicted octanol–water partition coefficient (Wildman–Crippen LogP) is 1.63. The molecule has 0 saturated carbocycles. The largest absolute Gasteiger partial charge is 0.507 e. The van der Waals surface area contributed by atoms with E-state index in [1.54, 1.807) is 4.90 Å². The minimum Gasteiger partial charge on any atom is -0.507 e. The van der Waals surface area contributed by atoms with E-state index < -0.39 is 11.6 Å². The predicted molar refractivity (Wildman–Crippen MR) is 100 cm³/mol. The number of hydrogen-bond donors (Lipinski definition) is 2. The van der Waals surface area contributed by atoms with Crippen molar-refractivity contribution < 1.29 is 24.5 Å². The second-order valence-electron chi connectivity index (χ2n) is 7.83. The summed E-state index contributed by atoms with van der Waals surface area (Å²) in [6.45, 7) is 9.60. The number of piperazine rings is 1. The minimum atomic E-state index is -0.942. The lowest BCUT2D eigenvalue weighted by molar-refractivity contribution is -0.150. The molecule has 1 amide bonds. The van der Waals surface area contributed by atoms with Crippen molar-refractivity contribution >= 4 is 11.9 Å². The molecular weight excluding hydrogens is 348 g/mol. The van der Waals surface area contributed by atoms with Crippen molar-refractivity contribution in [1.82, 2.24) is 9.80 Å².